The number of nitriles is 1. The van der Waals surface area contributed by atoms with Gasteiger partial charge in [-0.3, -0.25) is 9.59 Å². The Labute approximate surface area is 182 Å². The summed E-state index contributed by atoms with van der Waals surface area (Å²) in [7, 11) is 0. The van der Waals surface area contributed by atoms with Crippen molar-refractivity contribution in [3.8, 4) is 6.07 Å². The van der Waals surface area contributed by atoms with Gasteiger partial charge in [-0.2, -0.15) is 18.4 Å². The molecule has 1 aromatic heterocycles. The zero-order valence-corrected chi connectivity index (χ0v) is 18.0. The van der Waals surface area contributed by atoms with Gasteiger partial charge in [0.15, 0.2) is 0 Å². The molecule has 2 rings (SSSR count). The van der Waals surface area contributed by atoms with Crippen LogP contribution < -0.4 is 5.32 Å². The maximum atomic E-state index is 13.2. The Hall–Kier alpha value is -3.06. The lowest BCUT2D eigenvalue weighted by atomic mass is 10.1. The molecule has 0 aliphatic heterocycles. The van der Waals surface area contributed by atoms with Crippen molar-refractivity contribution in [3.05, 3.63) is 52.7 Å². The fourth-order valence-electron chi connectivity index (χ4n) is 2.80. The summed E-state index contributed by atoms with van der Waals surface area (Å²) in [5.74, 6) is -0.829. The third-order valence-corrected chi connectivity index (χ3v) is 5.31. The Bertz CT molecular complexity index is 997. The molecule has 0 bridgehead atoms. The number of thioether (sulfide) groups is 1. The molecule has 0 spiro atoms. The Morgan fingerprint density at radius 2 is 1.81 bits per heavy atom. The fourth-order valence-corrected chi connectivity index (χ4v) is 3.65. The van der Waals surface area contributed by atoms with Crippen LogP contribution in [0.4, 0.5) is 18.9 Å². The average Bonchev–Trinajstić information content (AvgIpc) is 2.72. The van der Waals surface area contributed by atoms with Crippen molar-refractivity contribution in [2.75, 3.05) is 24.2 Å². The number of carbonyl (C=O) groups excluding carboxylic acids is 2. The van der Waals surface area contributed by atoms with Crippen LogP contribution in [-0.4, -0.2) is 40.5 Å². The van der Waals surface area contributed by atoms with E-state index in [1.807, 2.05) is 13.8 Å². The molecule has 0 aliphatic rings. The number of nitrogens with one attached hydrogen (secondary N) is 1. The predicted octanol–water partition coefficient (Wildman–Crippen LogP) is 4.49. The summed E-state index contributed by atoms with van der Waals surface area (Å²) in [6, 6.07) is 8.68. The van der Waals surface area contributed by atoms with E-state index in [2.05, 4.69) is 10.3 Å². The number of pyridine rings is 1. The molecule has 0 unspecified atom stereocenters. The summed E-state index contributed by atoms with van der Waals surface area (Å²) in [5.41, 5.74) is -0.648. The standard InChI is InChI=1S/C21H21F3N4O2S/c1-4-28(5-2)20(30)14-6-8-15(9-7-14)27-18(29)12-31-19-16(11-25)17(21(22,23)24)10-13(3)26-19/h6-10H,4-5,12H2,1-3H3,(H,27,29). The Morgan fingerprint density at radius 3 is 2.32 bits per heavy atom. The van der Waals surface area contributed by atoms with E-state index in [0.717, 1.165) is 17.8 Å². The Kier molecular flexibility index (Phi) is 8.05. The first-order valence-corrected chi connectivity index (χ1v) is 10.4. The van der Waals surface area contributed by atoms with Crippen LogP contribution >= 0.6 is 11.8 Å². The number of anilines is 1. The van der Waals surface area contributed by atoms with Gasteiger partial charge in [-0.25, -0.2) is 4.98 Å². The lowest BCUT2D eigenvalue weighted by Gasteiger charge is -2.18. The lowest BCUT2D eigenvalue weighted by Crippen LogP contribution is -2.30. The van der Waals surface area contributed by atoms with Crippen molar-refractivity contribution in [1.82, 2.24) is 9.88 Å². The van der Waals surface area contributed by atoms with Gasteiger partial charge >= 0.3 is 6.18 Å². The van der Waals surface area contributed by atoms with Gasteiger partial charge in [0.1, 0.15) is 11.1 Å². The van der Waals surface area contributed by atoms with Crippen molar-refractivity contribution in [2.45, 2.75) is 32.0 Å². The molecule has 31 heavy (non-hydrogen) atoms. The summed E-state index contributed by atoms with van der Waals surface area (Å²) in [6.45, 7) is 6.32. The molecule has 164 valence electrons. The van der Waals surface area contributed by atoms with Gasteiger partial charge in [0.2, 0.25) is 5.91 Å². The van der Waals surface area contributed by atoms with E-state index in [4.69, 9.17) is 5.26 Å². The van der Waals surface area contributed by atoms with Gasteiger partial charge in [0.05, 0.1) is 16.9 Å². The summed E-state index contributed by atoms with van der Waals surface area (Å²) in [6.07, 6.45) is -4.69. The second kappa shape index (κ2) is 10.3. The van der Waals surface area contributed by atoms with Crippen molar-refractivity contribution in [2.24, 2.45) is 0 Å². The number of halogens is 3. The number of rotatable bonds is 7. The number of hydrogen-bond donors (Lipinski definition) is 1. The molecular weight excluding hydrogens is 429 g/mol. The number of hydrogen-bond acceptors (Lipinski definition) is 5. The van der Waals surface area contributed by atoms with Crippen LogP contribution in [0.5, 0.6) is 0 Å². The maximum Gasteiger partial charge on any atom is 0.417 e. The van der Waals surface area contributed by atoms with E-state index in [1.165, 1.54) is 13.0 Å². The zero-order valence-electron chi connectivity index (χ0n) is 17.2. The number of amides is 2. The number of aryl methyl sites for hydroxylation is 1. The van der Waals surface area contributed by atoms with E-state index in [0.29, 0.717) is 24.3 Å². The van der Waals surface area contributed by atoms with Crippen molar-refractivity contribution >= 4 is 29.3 Å². The molecule has 0 atom stereocenters. The first-order valence-electron chi connectivity index (χ1n) is 9.41. The molecule has 2 amide bonds. The number of carbonyl (C=O) groups is 2. The second-order valence-electron chi connectivity index (χ2n) is 6.49. The third kappa shape index (κ3) is 6.21. The highest BCUT2D eigenvalue weighted by Crippen LogP contribution is 2.35. The largest absolute Gasteiger partial charge is 0.417 e. The van der Waals surface area contributed by atoms with Gasteiger partial charge in [0.25, 0.3) is 5.91 Å². The van der Waals surface area contributed by atoms with Gasteiger partial charge in [-0.05, 0) is 51.1 Å². The van der Waals surface area contributed by atoms with Gasteiger partial charge in [0, 0.05) is 30.0 Å². The summed E-state index contributed by atoms with van der Waals surface area (Å²) in [5, 5.41) is 11.6. The average molecular weight is 450 g/mol. The van der Waals surface area contributed by atoms with E-state index in [-0.39, 0.29) is 22.4 Å². The smallest absolute Gasteiger partial charge is 0.339 e. The molecule has 0 saturated heterocycles. The molecule has 6 nitrogen and oxygen atoms in total. The monoisotopic (exact) mass is 450 g/mol. The number of aromatic nitrogens is 1. The fraction of sp³-hybridized carbons (Fsp3) is 0.333. The minimum absolute atomic E-state index is 0.0997. The van der Waals surface area contributed by atoms with E-state index < -0.39 is 23.2 Å². The summed E-state index contributed by atoms with van der Waals surface area (Å²) >= 11 is 0.755. The van der Waals surface area contributed by atoms with E-state index in [1.54, 1.807) is 29.2 Å². The third-order valence-electron chi connectivity index (χ3n) is 4.34. The molecule has 0 fully saturated rings. The first-order chi connectivity index (χ1) is 14.6. The van der Waals surface area contributed by atoms with Gasteiger partial charge < -0.3 is 10.2 Å². The van der Waals surface area contributed by atoms with Crippen LogP contribution in [0.3, 0.4) is 0 Å². The molecule has 1 N–H and O–H groups in total. The maximum absolute atomic E-state index is 13.2. The number of nitrogens with zero attached hydrogens (tertiary/aromatic N) is 3. The van der Waals surface area contributed by atoms with Crippen LogP contribution in [0.2, 0.25) is 0 Å². The topological polar surface area (TPSA) is 86.1 Å². The Morgan fingerprint density at radius 1 is 1.19 bits per heavy atom. The number of benzene rings is 1. The van der Waals surface area contributed by atoms with Crippen LogP contribution in [0.1, 0.15) is 41.0 Å². The number of alkyl halides is 3. The molecule has 0 aliphatic carbocycles. The highest BCUT2D eigenvalue weighted by molar-refractivity contribution is 8.00. The van der Waals surface area contributed by atoms with Gasteiger partial charge in [-0.15, -0.1) is 0 Å². The van der Waals surface area contributed by atoms with Crippen molar-refractivity contribution < 1.29 is 22.8 Å². The summed E-state index contributed by atoms with van der Waals surface area (Å²) in [4.78, 5) is 30.2. The quantitative estimate of drug-likeness (QED) is 0.628. The highest BCUT2D eigenvalue weighted by atomic mass is 32.2. The highest BCUT2D eigenvalue weighted by Gasteiger charge is 2.35. The molecular formula is C21H21F3N4O2S. The SMILES string of the molecule is CCN(CC)C(=O)c1ccc(NC(=O)CSc2nc(C)cc(C(F)(F)F)c2C#N)cc1. The second-order valence-corrected chi connectivity index (χ2v) is 7.46. The minimum atomic E-state index is -4.69. The van der Waals surface area contributed by atoms with Crippen LogP contribution in [0.15, 0.2) is 35.4 Å². The molecule has 1 heterocycles. The first kappa shape index (κ1) is 24.2. The summed E-state index contributed by atoms with van der Waals surface area (Å²) < 4.78 is 39.5. The molecule has 2 aromatic rings. The van der Waals surface area contributed by atoms with E-state index in [9.17, 15) is 22.8 Å². The lowest BCUT2D eigenvalue weighted by molar-refractivity contribution is -0.138. The zero-order chi connectivity index (χ0) is 23.2. The molecule has 10 heteroatoms. The molecule has 0 radical (unpaired) electrons. The Balaban J connectivity index is 2.07. The molecule has 1 aromatic carbocycles. The van der Waals surface area contributed by atoms with Crippen LogP contribution in [0, 0.1) is 18.3 Å². The van der Waals surface area contributed by atoms with Crippen LogP contribution in [-0.2, 0) is 11.0 Å². The van der Waals surface area contributed by atoms with Gasteiger partial charge in [-0.1, -0.05) is 11.8 Å². The van der Waals surface area contributed by atoms with Crippen molar-refractivity contribution in [1.29, 1.82) is 5.26 Å². The normalized spacial score (nSPS) is 11.0. The predicted molar refractivity (Wildman–Crippen MR) is 112 cm³/mol. The van der Waals surface area contributed by atoms with Crippen molar-refractivity contribution in [3.63, 3.8) is 0 Å². The minimum Gasteiger partial charge on any atom is -0.339 e. The van der Waals surface area contributed by atoms with E-state index >= 15 is 0 Å². The van der Waals surface area contributed by atoms with Crippen LogP contribution in [0.25, 0.3) is 0 Å². The molecule has 0 saturated carbocycles.